The van der Waals surface area contributed by atoms with E-state index in [-0.39, 0.29) is 5.97 Å². The predicted molar refractivity (Wildman–Crippen MR) is 67.6 cm³/mol. The molecule has 0 bridgehead atoms. The van der Waals surface area contributed by atoms with Crippen LogP contribution >= 0.6 is 0 Å². The highest BCUT2D eigenvalue weighted by Crippen LogP contribution is 1.90. The molecular weight excluding hydrogens is 238 g/mol. The molecule has 6 nitrogen and oxygen atoms in total. The van der Waals surface area contributed by atoms with Gasteiger partial charge < -0.3 is 18.9 Å². The Balaban J connectivity index is 3.37. The van der Waals surface area contributed by atoms with Crippen LogP contribution in [0.15, 0.2) is 0 Å². The van der Waals surface area contributed by atoms with Crippen LogP contribution in [0.4, 0.5) is 0 Å². The molecule has 0 N–H and O–H groups in total. The number of hydrogen-bond acceptors (Lipinski definition) is 6. The Morgan fingerprint density at radius 2 is 1.61 bits per heavy atom. The van der Waals surface area contributed by atoms with E-state index in [1.165, 1.54) is 7.11 Å². The molecule has 0 fully saturated rings. The van der Waals surface area contributed by atoms with Crippen molar-refractivity contribution in [1.82, 2.24) is 4.90 Å². The van der Waals surface area contributed by atoms with Crippen molar-refractivity contribution in [2.24, 2.45) is 0 Å². The van der Waals surface area contributed by atoms with Crippen molar-refractivity contribution in [2.45, 2.75) is 6.92 Å². The summed E-state index contributed by atoms with van der Waals surface area (Å²) in [6.07, 6.45) is 0. The first-order valence-electron chi connectivity index (χ1n) is 6.18. The van der Waals surface area contributed by atoms with Crippen molar-refractivity contribution in [1.29, 1.82) is 0 Å². The van der Waals surface area contributed by atoms with Gasteiger partial charge >= 0.3 is 5.97 Å². The molecule has 108 valence electrons. The summed E-state index contributed by atoms with van der Waals surface area (Å²) in [6, 6.07) is 0. The third-order valence-corrected chi connectivity index (χ3v) is 2.38. The second-order valence-corrected chi connectivity index (χ2v) is 3.66. The average Bonchev–Trinajstić information content (AvgIpc) is 2.40. The number of carbonyl (C=O) groups excluding carboxylic acids is 1. The lowest BCUT2D eigenvalue weighted by atomic mass is 10.4. The van der Waals surface area contributed by atoms with E-state index < -0.39 is 0 Å². The number of likely N-dealkylation sites (N-methyl/N-ethyl adjacent to an activating group) is 1. The number of carbonyl (C=O) groups is 1. The van der Waals surface area contributed by atoms with E-state index in [1.54, 1.807) is 7.11 Å². The molecule has 18 heavy (non-hydrogen) atoms. The summed E-state index contributed by atoms with van der Waals surface area (Å²) < 4.78 is 20.1. The van der Waals surface area contributed by atoms with Gasteiger partial charge in [0.1, 0.15) is 0 Å². The third-order valence-electron chi connectivity index (χ3n) is 2.38. The fraction of sp³-hybridized carbons (Fsp3) is 0.917. The smallest absolute Gasteiger partial charge is 0.319 e. The zero-order valence-corrected chi connectivity index (χ0v) is 11.6. The van der Waals surface area contributed by atoms with Gasteiger partial charge in [-0.2, -0.15) is 0 Å². The van der Waals surface area contributed by atoms with Gasteiger partial charge in [0.05, 0.1) is 46.7 Å². The summed E-state index contributed by atoms with van der Waals surface area (Å²) in [5.41, 5.74) is 0. The van der Waals surface area contributed by atoms with Gasteiger partial charge in [-0.3, -0.25) is 9.69 Å². The number of esters is 1. The molecule has 0 spiro atoms. The van der Waals surface area contributed by atoms with Crippen LogP contribution in [0.3, 0.4) is 0 Å². The van der Waals surface area contributed by atoms with Gasteiger partial charge in [-0.25, -0.2) is 0 Å². The lowest BCUT2D eigenvalue weighted by Crippen LogP contribution is -2.33. The van der Waals surface area contributed by atoms with Crippen molar-refractivity contribution < 1.29 is 23.7 Å². The van der Waals surface area contributed by atoms with Gasteiger partial charge in [-0.05, 0) is 6.54 Å². The van der Waals surface area contributed by atoms with Crippen molar-refractivity contribution in [3.8, 4) is 0 Å². The minimum atomic E-state index is -0.222. The molecular formula is C12H25NO5. The monoisotopic (exact) mass is 263 g/mol. The van der Waals surface area contributed by atoms with E-state index in [0.717, 1.165) is 6.54 Å². The van der Waals surface area contributed by atoms with Gasteiger partial charge in [0, 0.05) is 13.7 Å². The fourth-order valence-electron chi connectivity index (χ4n) is 1.25. The van der Waals surface area contributed by atoms with Crippen LogP contribution in [-0.2, 0) is 23.7 Å². The quantitative estimate of drug-likeness (QED) is 0.369. The molecule has 0 aromatic carbocycles. The Bertz CT molecular complexity index is 201. The first-order valence-corrected chi connectivity index (χ1v) is 6.18. The lowest BCUT2D eigenvalue weighted by Gasteiger charge is -2.18. The predicted octanol–water partition coefficient (Wildman–Crippen LogP) is 0.161. The molecule has 0 atom stereocenters. The molecule has 0 saturated carbocycles. The Labute approximate surface area is 109 Å². The molecule has 0 heterocycles. The number of ether oxygens (including phenoxy) is 4. The zero-order chi connectivity index (χ0) is 13.6. The van der Waals surface area contributed by atoms with Crippen LogP contribution in [0.25, 0.3) is 0 Å². The molecule has 0 aromatic rings. The first kappa shape index (κ1) is 17.3. The van der Waals surface area contributed by atoms with Crippen molar-refractivity contribution in [3.05, 3.63) is 0 Å². The van der Waals surface area contributed by atoms with Gasteiger partial charge in [-0.15, -0.1) is 0 Å². The maximum absolute atomic E-state index is 11.1. The van der Waals surface area contributed by atoms with Crippen LogP contribution < -0.4 is 0 Å². The molecule has 0 rings (SSSR count). The number of hydrogen-bond donors (Lipinski definition) is 0. The standard InChI is InChI=1S/C12H25NO5/c1-4-13(11-12(14)16-3)5-6-17-9-10-18-8-7-15-2/h4-11H2,1-3H3. The topological polar surface area (TPSA) is 57.2 Å². The molecule has 6 heteroatoms. The molecule has 0 unspecified atom stereocenters. The second kappa shape index (κ2) is 12.8. The summed E-state index contributed by atoms with van der Waals surface area (Å²) in [4.78, 5) is 13.0. The van der Waals surface area contributed by atoms with Gasteiger partial charge in [0.2, 0.25) is 0 Å². The van der Waals surface area contributed by atoms with Crippen LogP contribution in [0, 0.1) is 0 Å². The number of rotatable bonds is 12. The Morgan fingerprint density at radius 1 is 1.00 bits per heavy atom. The second-order valence-electron chi connectivity index (χ2n) is 3.66. The van der Waals surface area contributed by atoms with Crippen LogP contribution in [0.1, 0.15) is 6.92 Å². The van der Waals surface area contributed by atoms with Gasteiger partial charge in [-0.1, -0.05) is 6.92 Å². The average molecular weight is 263 g/mol. The summed E-state index contributed by atoms with van der Waals surface area (Å²) in [7, 11) is 3.03. The van der Waals surface area contributed by atoms with E-state index in [2.05, 4.69) is 4.74 Å². The van der Waals surface area contributed by atoms with Crippen LogP contribution in [0.2, 0.25) is 0 Å². The Morgan fingerprint density at radius 3 is 2.17 bits per heavy atom. The molecule has 0 saturated heterocycles. The maximum atomic E-state index is 11.1. The molecule has 0 aliphatic heterocycles. The van der Waals surface area contributed by atoms with E-state index in [4.69, 9.17) is 14.2 Å². The lowest BCUT2D eigenvalue weighted by molar-refractivity contribution is -0.142. The zero-order valence-electron chi connectivity index (χ0n) is 11.6. The Kier molecular flexibility index (Phi) is 12.3. The SMILES string of the molecule is CCN(CCOCCOCCOC)CC(=O)OC. The number of methoxy groups -OCH3 is 2. The summed E-state index contributed by atoms with van der Waals surface area (Å²) in [5, 5.41) is 0. The van der Waals surface area contributed by atoms with Crippen molar-refractivity contribution in [2.75, 3.05) is 66.9 Å². The first-order chi connectivity index (χ1) is 8.74. The van der Waals surface area contributed by atoms with E-state index in [0.29, 0.717) is 46.1 Å². The Hall–Kier alpha value is -0.690. The summed E-state index contributed by atoms with van der Waals surface area (Å²) >= 11 is 0. The molecule has 0 radical (unpaired) electrons. The van der Waals surface area contributed by atoms with E-state index >= 15 is 0 Å². The van der Waals surface area contributed by atoms with Gasteiger partial charge in [0.25, 0.3) is 0 Å². The molecule has 0 aromatic heterocycles. The van der Waals surface area contributed by atoms with Crippen LogP contribution in [-0.4, -0.2) is 77.8 Å². The minimum absolute atomic E-state index is 0.222. The molecule has 0 amide bonds. The van der Waals surface area contributed by atoms with Crippen molar-refractivity contribution >= 4 is 5.97 Å². The van der Waals surface area contributed by atoms with Gasteiger partial charge in [0.15, 0.2) is 0 Å². The highest BCUT2D eigenvalue weighted by atomic mass is 16.5. The largest absolute Gasteiger partial charge is 0.468 e. The highest BCUT2D eigenvalue weighted by molar-refractivity contribution is 5.71. The normalized spacial score (nSPS) is 10.9. The number of nitrogens with zero attached hydrogens (tertiary/aromatic N) is 1. The molecule has 0 aliphatic carbocycles. The summed E-state index contributed by atoms with van der Waals surface area (Å²) in [6.45, 7) is 6.69. The molecule has 0 aliphatic rings. The highest BCUT2D eigenvalue weighted by Gasteiger charge is 2.08. The van der Waals surface area contributed by atoms with Crippen LogP contribution in [0.5, 0.6) is 0 Å². The van der Waals surface area contributed by atoms with E-state index in [9.17, 15) is 4.79 Å². The third kappa shape index (κ3) is 10.5. The fourth-order valence-corrected chi connectivity index (χ4v) is 1.25. The minimum Gasteiger partial charge on any atom is -0.468 e. The summed E-state index contributed by atoms with van der Waals surface area (Å²) in [5.74, 6) is -0.222. The maximum Gasteiger partial charge on any atom is 0.319 e. The van der Waals surface area contributed by atoms with Crippen molar-refractivity contribution in [3.63, 3.8) is 0 Å². The van der Waals surface area contributed by atoms with E-state index in [1.807, 2.05) is 11.8 Å².